The molecule has 4 nitrogen and oxygen atoms in total. The number of sulfonamides is 1. The van der Waals surface area contributed by atoms with Gasteiger partial charge in [0, 0.05) is 10.2 Å². The predicted molar refractivity (Wildman–Crippen MR) is 75.7 cm³/mol. The number of nitrogens with one attached hydrogen (secondary N) is 1. The van der Waals surface area contributed by atoms with Crippen molar-refractivity contribution in [2.24, 2.45) is 5.92 Å². The zero-order chi connectivity index (χ0) is 13.8. The molecule has 0 aliphatic heterocycles. The summed E-state index contributed by atoms with van der Waals surface area (Å²) in [5, 5.41) is 8.77. The molecule has 0 saturated carbocycles. The molecule has 1 rings (SSSR count). The van der Waals surface area contributed by atoms with E-state index in [0.29, 0.717) is 28.1 Å². The zero-order valence-electron chi connectivity index (χ0n) is 10.3. The molecule has 0 aliphatic carbocycles. The van der Waals surface area contributed by atoms with E-state index in [2.05, 4.69) is 20.7 Å². The molecule has 0 saturated heterocycles. The Hall–Kier alpha value is -1.06. The Kier molecular flexibility index (Phi) is 5.17. The summed E-state index contributed by atoms with van der Waals surface area (Å²) in [6.07, 6.45) is 0.618. The number of rotatable bonds is 5. The monoisotopic (exact) mass is 330 g/mol. The first-order valence-corrected chi connectivity index (χ1v) is 7.98. The molecule has 0 spiro atoms. The molecule has 0 unspecified atom stereocenters. The minimum atomic E-state index is -3.32. The SMILES string of the molecule is CC(C)CCS(=O)(=O)Nc1ccc(C#N)c(Br)c1. The Morgan fingerprint density at radius 3 is 2.61 bits per heavy atom. The number of hydrogen-bond donors (Lipinski definition) is 1. The molecule has 18 heavy (non-hydrogen) atoms. The van der Waals surface area contributed by atoms with E-state index in [9.17, 15) is 8.42 Å². The van der Waals surface area contributed by atoms with Gasteiger partial charge in [-0.3, -0.25) is 4.72 Å². The van der Waals surface area contributed by atoms with Gasteiger partial charge in [0.1, 0.15) is 6.07 Å². The molecule has 0 aromatic heterocycles. The maximum absolute atomic E-state index is 11.8. The van der Waals surface area contributed by atoms with Crippen LogP contribution in [0, 0.1) is 17.2 Å². The summed E-state index contributed by atoms with van der Waals surface area (Å²) < 4.78 is 26.6. The molecule has 6 heteroatoms. The molecule has 0 amide bonds. The Balaban J connectivity index is 2.79. The predicted octanol–water partition coefficient (Wildman–Crippen LogP) is 3.11. The van der Waals surface area contributed by atoms with Gasteiger partial charge in [-0.15, -0.1) is 0 Å². The number of benzene rings is 1. The number of nitrogens with zero attached hydrogens (tertiary/aromatic N) is 1. The third-order valence-electron chi connectivity index (χ3n) is 2.33. The molecule has 0 atom stereocenters. The number of nitriles is 1. The van der Waals surface area contributed by atoms with E-state index in [1.807, 2.05) is 19.9 Å². The Morgan fingerprint density at radius 2 is 2.11 bits per heavy atom. The van der Waals surface area contributed by atoms with Crippen molar-refractivity contribution >= 4 is 31.6 Å². The third kappa shape index (κ3) is 4.67. The van der Waals surface area contributed by atoms with Crippen LogP contribution >= 0.6 is 15.9 Å². The third-order valence-corrected chi connectivity index (χ3v) is 4.30. The van der Waals surface area contributed by atoms with Crippen molar-refractivity contribution in [2.45, 2.75) is 20.3 Å². The second-order valence-electron chi connectivity index (χ2n) is 4.41. The van der Waals surface area contributed by atoms with Crippen LogP contribution in [0.15, 0.2) is 22.7 Å². The van der Waals surface area contributed by atoms with Crippen LogP contribution < -0.4 is 4.72 Å². The number of hydrogen-bond acceptors (Lipinski definition) is 3. The summed E-state index contributed by atoms with van der Waals surface area (Å²) >= 11 is 3.22. The van der Waals surface area contributed by atoms with Crippen LogP contribution in [0.3, 0.4) is 0 Å². The van der Waals surface area contributed by atoms with Crippen molar-refractivity contribution < 1.29 is 8.42 Å². The van der Waals surface area contributed by atoms with Gasteiger partial charge in [-0.05, 0) is 46.5 Å². The first kappa shape index (κ1) is 15.0. The fourth-order valence-electron chi connectivity index (χ4n) is 1.29. The van der Waals surface area contributed by atoms with Crippen molar-refractivity contribution in [2.75, 3.05) is 10.5 Å². The normalized spacial score (nSPS) is 11.3. The van der Waals surface area contributed by atoms with E-state index in [-0.39, 0.29) is 5.75 Å². The smallest absolute Gasteiger partial charge is 0.232 e. The second kappa shape index (κ2) is 6.21. The number of anilines is 1. The summed E-state index contributed by atoms with van der Waals surface area (Å²) in [5.74, 6) is 0.441. The van der Waals surface area contributed by atoms with E-state index in [1.54, 1.807) is 18.2 Å². The maximum atomic E-state index is 11.8. The summed E-state index contributed by atoms with van der Waals surface area (Å²) in [7, 11) is -3.32. The molecule has 1 N–H and O–H groups in total. The van der Waals surface area contributed by atoms with Gasteiger partial charge in [-0.1, -0.05) is 13.8 Å². The molecule has 0 fully saturated rings. The second-order valence-corrected chi connectivity index (χ2v) is 7.11. The van der Waals surface area contributed by atoms with Gasteiger partial charge in [-0.2, -0.15) is 5.26 Å². The molecule has 1 aromatic rings. The molecule has 0 heterocycles. The lowest BCUT2D eigenvalue weighted by atomic mass is 10.2. The van der Waals surface area contributed by atoms with Crippen molar-refractivity contribution in [1.82, 2.24) is 0 Å². The molecule has 0 radical (unpaired) electrons. The van der Waals surface area contributed by atoms with Gasteiger partial charge >= 0.3 is 0 Å². The highest BCUT2D eigenvalue weighted by molar-refractivity contribution is 9.10. The van der Waals surface area contributed by atoms with Crippen LogP contribution in [0.4, 0.5) is 5.69 Å². The molecule has 0 aliphatic rings. The average Bonchev–Trinajstić information content (AvgIpc) is 2.26. The maximum Gasteiger partial charge on any atom is 0.232 e. The summed E-state index contributed by atoms with van der Waals surface area (Å²) in [6, 6.07) is 6.74. The van der Waals surface area contributed by atoms with E-state index in [1.165, 1.54) is 0 Å². The van der Waals surface area contributed by atoms with E-state index >= 15 is 0 Å². The lowest BCUT2D eigenvalue weighted by Crippen LogP contribution is -2.17. The first-order chi connectivity index (χ1) is 8.34. The lowest BCUT2D eigenvalue weighted by Gasteiger charge is -2.10. The standard InChI is InChI=1S/C12H15BrN2O2S/c1-9(2)5-6-18(16,17)15-11-4-3-10(8-14)12(13)7-11/h3-4,7,9,15H,5-6H2,1-2H3. The van der Waals surface area contributed by atoms with Crippen LogP contribution in [0.5, 0.6) is 0 Å². The highest BCUT2D eigenvalue weighted by Gasteiger charge is 2.12. The minimum Gasteiger partial charge on any atom is -0.284 e. The first-order valence-electron chi connectivity index (χ1n) is 5.54. The van der Waals surface area contributed by atoms with Crippen LogP contribution in [-0.4, -0.2) is 14.2 Å². The van der Waals surface area contributed by atoms with Crippen molar-refractivity contribution in [1.29, 1.82) is 5.26 Å². The fourth-order valence-corrected chi connectivity index (χ4v) is 3.13. The van der Waals surface area contributed by atoms with Gasteiger partial charge in [0.2, 0.25) is 10.0 Å². The van der Waals surface area contributed by atoms with Crippen molar-refractivity contribution in [3.8, 4) is 6.07 Å². The highest BCUT2D eigenvalue weighted by atomic mass is 79.9. The lowest BCUT2D eigenvalue weighted by molar-refractivity contribution is 0.578. The molecule has 98 valence electrons. The van der Waals surface area contributed by atoms with Crippen molar-refractivity contribution in [3.05, 3.63) is 28.2 Å². The summed E-state index contributed by atoms with van der Waals surface area (Å²) in [6.45, 7) is 3.96. The van der Waals surface area contributed by atoms with Gasteiger partial charge in [-0.25, -0.2) is 8.42 Å². The van der Waals surface area contributed by atoms with Gasteiger partial charge in [0.15, 0.2) is 0 Å². The van der Waals surface area contributed by atoms with Crippen LogP contribution in [0.25, 0.3) is 0 Å². The van der Waals surface area contributed by atoms with Gasteiger partial charge in [0.25, 0.3) is 0 Å². The fraction of sp³-hybridized carbons (Fsp3) is 0.417. The van der Waals surface area contributed by atoms with Crippen LogP contribution in [0.1, 0.15) is 25.8 Å². The average molecular weight is 331 g/mol. The van der Waals surface area contributed by atoms with Crippen molar-refractivity contribution in [3.63, 3.8) is 0 Å². The van der Waals surface area contributed by atoms with Gasteiger partial charge in [0.05, 0.1) is 11.3 Å². The molecular weight excluding hydrogens is 316 g/mol. The molecule has 1 aromatic carbocycles. The van der Waals surface area contributed by atoms with Gasteiger partial charge < -0.3 is 0 Å². The molecule has 0 bridgehead atoms. The zero-order valence-corrected chi connectivity index (χ0v) is 12.7. The quantitative estimate of drug-likeness (QED) is 0.901. The topological polar surface area (TPSA) is 70.0 Å². The minimum absolute atomic E-state index is 0.0995. The van der Waals surface area contributed by atoms with E-state index < -0.39 is 10.0 Å². The largest absolute Gasteiger partial charge is 0.284 e. The summed E-state index contributed by atoms with van der Waals surface area (Å²) in [5.41, 5.74) is 0.935. The van der Waals surface area contributed by atoms with E-state index in [0.717, 1.165) is 0 Å². The Morgan fingerprint density at radius 1 is 1.44 bits per heavy atom. The van der Waals surface area contributed by atoms with E-state index in [4.69, 9.17) is 5.26 Å². The van der Waals surface area contributed by atoms with Crippen LogP contribution in [-0.2, 0) is 10.0 Å². The Labute approximate surface area is 116 Å². The summed E-state index contributed by atoms with van der Waals surface area (Å²) in [4.78, 5) is 0. The highest BCUT2D eigenvalue weighted by Crippen LogP contribution is 2.21. The number of halogens is 1. The molecular formula is C12H15BrN2O2S. The Bertz CT molecular complexity index is 562. The van der Waals surface area contributed by atoms with Crippen LogP contribution in [0.2, 0.25) is 0 Å².